The summed E-state index contributed by atoms with van der Waals surface area (Å²) in [6.45, 7) is 2.76. The van der Waals surface area contributed by atoms with E-state index >= 15 is 0 Å². The molecule has 2 aromatic rings. The lowest BCUT2D eigenvalue weighted by atomic mass is 10.1. The highest BCUT2D eigenvalue weighted by Gasteiger charge is 2.45. The summed E-state index contributed by atoms with van der Waals surface area (Å²) in [6.07, 6.45) is 1.25. The zero-order chi connectivity index (χ0) is 28.6. The van der Waals surface area contributed by atoms with Gasteiger partial charge in [0.15, 0.2) is 11.8 Å². The molecular formula is C23H35N3O8P3S+. The number of hydrogen-bond donors (Lipinski definition) is 4. The highest BCUT2D eigenvalue weighted by atomic mass is 32.4. The topological polar surface area (TPSA) is 152 Å². The molecule has 0 aliphatic heterocycles. The third-order valence-corrected chi connectivity index (χ3v) is 10.8. The van der Waals surface area contributed by atoms with E-state index in [0.29, 0.717) is 18.6 Å². The van der Waals surface area contributed by atoms with Gasteiger partial charge in [-0.05, 0) is 53.9 Å². The van der Waals surface area contributed by atoms with Gasteiger partial charge in [-0.1, -0.05) is 19.1 Å². The predicted octanol–water partition coefficient (Wildman–Crippen LogP) is 4.14. The Kier molecular flexibility index (Phi) is 12.0. The normalized spacial score (nSPS) is 14.4. The predicted molar refractivity (Wildman–Crippen MR) is 153 cm³/mol. The van der Waals surface area contributed by atoms with Crippen molar-refractivity contribution >= 4 is 40.1 Å². The molecule has 0 amide bonds. The van der Waals surface area contributed by atoms with Gasteiger partial charge in [0.25, 0.3) is 5.34 Å². The SMILES string of the molecule is CCC(C)(Oc1ccc(CCN(CP(=O)(O)O)CP(=O)(O)O)cc1)[P+](=S)N(C)N=Cc1ccc(OC)cc1. The molecule has 0 bridgehead atoms. The molecule has 2 unspecified atom stereocenters. The Bertz CT molecular complexity index is 1160. The van der Waals surface area contributed by atoms with E-state index < -0.39 is 40.0 Å². The van der Waals surface area contributed by atoms with Crippen molar-refractivity contribution in [3.05, 3.63) is 59.7 Å². The zero-order valence-corrected chi connectivity index (χ0v) is 25.2. The van der Waals surface area contributed by atoms with Crippen molar-refractivity contribution < 1.29 is 38.2 Å². The molecule has 0 aliphatic rings. The second kappa shape index (κ2) is 14.1. The standard InChI is InChI=1S/C23H34N3O8P3S/c1-5-23(2,35(38)25(3)24-16-20-8-10-21(33-4)11-9-20)34-22-12-6-19(7-13-22)14-15-26(17-36(27,28)29)18-37(30,31)32/h6-13,16H,5,14-15,17-18H2,1-4H3,(H3-,27,28,29,30,31,32)/p+1. The number of rotatable bonds is 15. The quantitative estimate of drug-likeness (QED) is 0.132. The summed E-state index contributed by atoms with van der Waals surface area (Å²) in [5.74, 6) is 1.36. The van der Waals surface area contributed by atoms with Crippen LogP contribution in [0.15, 0.2) is 53.6 Å². The Balaban J connectivity index is 2.03. The fourth-order valence-corrected chi connectivity index (χ4v) is 6.93. The molecule has 0 radical (unpaired) electrons. The van der Waals surface area contributed by atoms with Crippen LogP contribution in [0.3, 0.4) is 0 Å². The van der Waals surface area contributed by atoms with Gasteiger partial charge in [-0.2, -0.15) is 0 Å². The molecule has 2 aromatic carbocycles. The first-order valence-electron chi connectivity index (χ1n) is 11.6. The van der Waals surface area contributed by atoms with Gasteiger partial charge in [-0.15, -0.1) is 9.88 Å². The van der Waals surface area contributed by atoms with Crippen molar-refractivity contribution in [2.45, 2.75) is 32.0 Å². The molecule has 0 heterocycles. The van der Waals surface area contributed by atoms with Crippen LogP contribution >= 0.6 is 22.0 Å². The average molecular weight is 607 g/mol. The van der Waals surface area contributed by atoms with Crippen LogP contribution in [0.25, 0.3) is 0 Å². The van der Waals surface area contributed by atoms with E-state index in [1.54, 1.807) is 42.4 Å². The Morgan fingerprint density at radius 1 is 1.00 bits per heavy atom. The van der Waals surface area contributed by atoms with Crippen molar-refractivity contribution in [1.82, 2.24) is 9.68 Å². The van der Waals surface area contributed by atoms with Gasteiger partial charge in [-0.3, -0.25) is 14.0 Å². The number of hydrogen-bond acceptors (Lipinski definition) is 7. The molecule has 15 heteroatoms. The lowest BCUT2D eigenvalue weighted by Gasteiger charge is -2.24. The molecule has 0 saturated carbocycles. The maximum atomic E-state index is 11.3. The van der Waals surface area contributed by atoms with E-state index in [2.05, 4.69) is 5.10 Å². The molecule has 0 aromatic heterocycles. The van der Waals surface area contributed by atoms with Crippen molar-refractivity contribution in [3.8, 4) is 11.5 Å². The first-order valence-corrected chi connectivity index (χ1v) is 17.5. The van der Waals surface area contributed by atoms with E-state index in [9.17, 15) is 28.7 Å². The second-order valence-electron chi connectivity index (χ2n) is 8.81. The molecule has 38 heavy (non-hydrogen) atoms. The summed E-state index contributed by atoms with van der Waals surface area (Å²) in [4.78, 5) is 38.0. The molecule has 2 rings (SSSR count). The second-order valence-corrected chi connectivity index (χ2v) is 15.1. The van der Waals surface area contributed by atoms with Gasteiger partial charge in [0.2, 0.25) is 0 Å². The van der Waals surface area contributed by atoms with Crippen LogP contribution in [0.5, 0.6) is 11.5 Å². The summed E-state index contributed by atoms with van der Waals surface area (Å²) in [5, 5.41) is 3.83. The van der Waals surface area contributed by atoms with Gasteiger partial charge < -0.3 is 29.0 Å². The summed E-state index contributed by atoms with van der Waals surface area (Å²) in [6, 6.07) is 14.7. The number of ether oxygens (including phenoxy) is 2. The third-order valence-electron chi connectivity index (χ3n) is 5.56. The molecular weight excluding hydrogens is 571 g/mol. The van der Waals surface area contributed by atoms with E-state index in [-0.39, 0.29) is 6.54 Å². The number of hydrazone groups is 1. The van der Waals surface area contributed by atoms with Crippen LogP contribution in [0.2, 0.25) is 0 Å². The van der Waals surface area contributed by atoms with Gasteiger partial charge in [0.1, 0.15) is 24.1 Å². The van der Waals surface area contributed by atoms with E-state index in [4.69, 9.17) is 21.3 Å². The lowest BCUT2D eigenvalue weighted by molar-refractivity contribution is 0.171. The minimum atomic E-state index is -4.47. The Morgan fingerprint density at radius 2 is 1.53 bits per heavy atom. The Morgan fingerprint density at radius 3 is 2.00 bits per heavy atom. The van der Waals surface area contributed by atoms with E-state index in [0.717, 1.165) is 21.8 Å². The number of benzene rings is 2. The van der Waals surface area contributed by atoms with Crippen LogP contribution in [0, 0.1) is 0 Å². The fourth-order valence-electron chi connectivity index (χ4n) is 3.41. The molecule has 0 spiro atoms. The highest BCUT2D eigenvalue weighted by Crippen LogP contribution is 2.45. The van der Waals surface area contributed by atoms with Crippen molar-refractivity contribution in [1.29, 1.82) is 0 Å². The average Bonchev–Trinajstić information content (AvgIpc) is 2.84. The monoisotopic (exact) mass is 606 g/mol. The lowest BCUT2D eigenvalue weighted by Crippen LogP contribution is -2.30. The van der Waals surface area contributed by atoms with Crippen LogP contribution < -0.4 is 9.47 Å². The van der Waals surface area contributed by atoms with E-state index in [1.165, 1.54) is 0 Å². The fraction of sp³-hybridized carbons (Fsp3) is 0.435. The molecule has 210 valence electrons. The van der Waals surface area contributed by atoms with Gasteiger partial charge in [0.05, 0.1) is 20.4 Å². The summed E-state index contributed by atoms with van der Waals surface area (Å²) >= 11 is 5.83. The largest absolute Gasteiger partial charge is 0.497 e. The van der Waals surface area contributed by atoms with Crippen LogP contribution in [-0.4, -0.2) is 74.1 Å². The zero-order valence-electron chi connectivity index (χ0n) is 21.7. The maximum Gasteiger partial charge on any atom is 0.358 e. The summed E-state index contributed by atoms with van der Waals surface area (Å²) in [5.41, 5.74) is 1.73. The maximum absolute atomic E-state index is 11.3. The summed E-state index contributed by atoms with van der Waals surface area (Å²) < 4.78 is 35.9. The van der Waals surface area contributed by atoms with Crippen molar-refractivity contribution in [3.63, 3.8) is 0 Å². The minimum Gasteiger partial charge on any atom is -0.497 e. The van der Waals surface area contributed by atoms with Crippen LogP contribution in [-0.2, 0) is 27.4 Å². The van der Waals surface area contributed by atoms with E-state index in [1.807, 2.05) is 45.2 Å². The minimum absolute atomic E-state index is 0.0670. The highest BCUT2D eigenvalue weighted by molar-refractivity contribution is 8.04. The van der Waals surface area contributed by atoms with Crippen LogP contribution in [0.1, 0.15) is 31.4 Å². The molecule has 0 aliphatic carbocycles. The Labute approximate surface area is 229 Å². The number of methoxy groups -OCH3 is 1. The molecule has 2 atom stereocenters. The number of nitrogens with zero attached hydrogens (tertiary/aromatic N) is 3. The molecule has 0 fully saturated rings. The Hall–Kier alpha value is -1.71. The van der Waals surface area contributed by atoms with Crippen LogP contribution in [0.4, 0.5) is 0 Å². The first kappa shape index (κ1) is 32.5. The molecule has 11 nitrogen and oxygen atoms in total. The van der Waals surface area contributed by atoms with Gasteiger partial charge >= 0.3 is 22.0 Å². The molecule has 4 N–H and O–H groups in total. The third kappa shape index (κ3) is 11.2. The van der Waals surface area contributed by atoms with Gasteiger partial charge in [0, 0.05) is 19.9 Å². The van der Waals surface area contributed by atoms with Gasteiger partial charge in [-0.25, -0.2) is 0 Å². The first-order chi connectivity index (χ1) is 17.6. The van der Waals surface area contributed by atoms with Crippen molar-refractivity contribution in [2.75, 3.05) is 33.3 Å². The summed E-state index contributed by atoms with van der Waals surface area (Å²) in [7, 11) is -5.51. The molecule has 0 saturated heterocycles. The van der Waals surface area contributed by atoms with Crippen molar-refractivity contribution in [2.24, 2.45) is 5.10 Å². The smallest absolute Gasteiger partial charge is 0.358 e.